The molecule has 4 rings (SSSR count). The molecule has 1 atom stereocenters. The van der Waals surface area contributed by atoms with Crippen molar-refractivity contribution in [2.75, 3.05) is 6.54 Å². The summed E-state index contributed by atoms with van der Waals surface area (Å²) in [5, 5.41) is 7.85. The van der Waals surface area contributed by atoms with Crippen LogP contribution in [0.25, 0.3) is 21.5 Å². The number of nitrogens with one attached hydrogen (secondary N) is 1. The summed E-state index contributed by atoms with van der Waals surface area (Å²) in [6.07, 6.45) is 1.71. The van der Waals surface area contributed by atoms with Crippen LogP contribution in [0.15, 0.2) is 24.4 Å². The third-order valence-electron chi connectivity index (χ3n) is 3.63. The quantitative estimate of drug-likeness (QED) is 0.717. The van der Waals surface area contributed by atoms with Crippen LogP contribution in [0.3, 0.4) is 0 Å². The number of rotatable bonds is 1. The van der Waals surface area contributed by atoms with Crippen LogP contribution in [0.1, 0.15) is 18.7 Å². The monoisotopic (exact) mass is 360 g/mol. The van der Waals surface area contributed by atoms with Gasteiger partial charge in [-0.15, -0.1) is 36.2 Å². The maximum Gasteiger partial charge on any atom is 0.179 e. The van der Waals surface area contributed by atoms with Crippen LogP contribution in [0.4, 0.5) is 4.39 Å². The number of pyridine rings is 1. The molecule has 0 unspecified atom stereocenters. The van der Waals surface area contributed by atoms with Crippen LogP contribution in [0, 0.1) is 5.13 Å². The number of hydrogen-bond donors (Lipinski definition) is 1. The van der Waals surface area contributed by atoms with E-state index < -0.39 is 0 Å². The fourth-order valence-electron chi connectivity index (χ4n) is 2.68. The molecule has 1 N–H and O–H groups in total. The maximum absolute atomic E-state index is 13.4. The lowest BCUT2D eigenvalue weighted by Crippen LogP contribution is -2.31. The molecular formula is C14H15Cl2FN4S. The molecule has 0 fully saturated rings. The van der Waals surface area contributed by atoms with Crippen molar-refractivity contribution in [1.82, 2.24) is 20.1 Å². The zero-order valence-electron chi connectivity index (χ0n) is 11.7. The number of hydrogen-bond acceptors (Lipinski definition) is 4. The predicted octanol–water partition coefficient (Wildman–Crippen LogP) is 3.81. The van der Waals surface area contributed by atoms with Crippen molar-refractivity contribution >= 4 is 46.4 Å². The third kappa shape index (κ3) is 2.72. The molecule has 4 nitrogen and oxygen atoms in total. The van der Waals surface area contributed by atoms with Gasteiger partial charge in [-0.2, -0.15) is 9.49 Å². The summed E-state index contributed by atoms with van der Waals surface area (Å²) < 4.78 is 16.4. The van der Waals surface area contributed by atoms with Crippen molar-refractivity contribution in [3.63, 3.8) is 0 Å². The Morgan fingerprint density at radius 1 is 1.36 bits per heavy atom. The van der Waals surface area contributed by atoms with Crippen molar-refractivity contribution in [1.29, 1.82) is 0 Å². The molecule has 0 aromatic carbocycles. The summed E-state index contributed by atoms with van der Waals surface area (Å²) in [4.78, 5) is 4.21. The van der Waals surface area contributed by atoms with Gasteiger partial charge in [-0.25, -0.2) is 0 Å². The van der Waals surface area contributed by atoms with E-state index in [9.17, 15) is 4.39 Å². The summed E-state index contributed by atoms with van der Waals surface area (Å²) in [6.45, 7) is 3.89. The lowest BCUT2D eigenvalue weighted by Gasteiger charge is -2.21. The predicted molar refractivity (Wildman–Crippen MR) is 91.7 cm³/mol. The summed E-state index contributed by atoms with van der Waals surface area (Å²) >= 11 is 1.13. The number of thiophene rings is 1. The first-order valence-corrected chi connectivity index (χ1v) is 7.37. The van der Waals surface area contributed by atoms with Crippen molar-refractivity contribution in [2.45, 2.75) is 19.5 Å². The molecule has 0 saturated heterocycles. The average Bonchev–Trinajstić information content (AvgIpc) is 3.01. The van der Waals surface area contributed by atoms with Gasteiger partial charge in [0.05, 0.1) is 27.6 Å². The van der Waals surface area contributed by atoms with Crippen molar-refractivity contribution < 1.29 is 4.39 Å². The first-order valence-electron chi connectivity index (χ1n) is 6.56. The number of halogens is 3. The standard InChI is InChI=1S/C14H13FN4S.2ClH/c1-8-6-16-7-9-4-11(18-19(8)9)10-2-3-17-12-5-13(15)20-14(10)12;;/h2-5,8,16H,6-7H2,1H3;2*1H/t8-;;/m0../s1. The van der Waals surface area contributed by atoms with Crippen LogP contribution in [-0.4, -0.2) is 21.3 Å². The highest BCUT2D eigenvalue weighted by atomic mass is 35.5. The smallest absolute Gasteiger partial charge is 0.179 e. The fraction of sp³-hybridized carbons (Fsp3) is 0.286. The second-order valence-corrected chi connectivity index (χ2v) is 6.07. The normalized spacial score (nSPS) is 16.7. The van der Waals surface area contributed by atoms with E-state index in [1.54, 1.807) is 6.20 Å². The van der Waals surface area contributed by atoms with E-state index >= 15 is 0 Å². The van der Waals surface area contributed by atoms with Gasteiger partial charge in [-0.1, -0.05) is 0 Å². The molecule has 0 aliphatic carbocycles. The van der Waals surface area contributed by atoms with E-state index in [1.165, 1.54) is 11.8 Å². The summed E-state index contributed by atoms with van der Waals surface area (Å²) in [6, 6.07) is 5.80. The minimum atomic E-state index is -0.209. The van der Waals surface area contributed by atoms with Gasteiger partial charge in [0.1, 0.15) is 0 Å². The molecular weight excluding hydrogens is 346 g/mol. The molecule has 22 heavy (non-hydrogen) atoms. The molecule has 1 aliphatic rings. The molecule has 0 amide bonds. The largest absolute Gasteiger partial charge is 0.309 e. The molecule has 3 aromatic heterocycles. The maximum atomic E-state index is 13.4. The number of aromatic nitrogens is 3. The van der Waals surface area contributed by atoms with Gasteiger partial charge < -0.3 is 5.32 Å². The number of nitrogens with zero attached hydrogens (tertiary/aromatic N) is 3. The van der Waals surface area contributed by atoms with Gasteiger partial charge in [0.2, 0.25) is 0 Å². The van der Waals surface area contributed by atoms with Crippen LogP contribution < -0.4 is 5.32 Å². The third-order valence-corrected chi connectivity index (χ3v) is 4.58. The van der Waals surface area contributed by atoms with Crippen molar-refractivity contribution in [3.8, 4) is 11.3 Å². The van der Waals surface area contributed by atoms with Crippen LogP contribution in [0.2, 0.25) is 0 Å². The van der Waals surface area contributed by atoms with Crippen molar-refractivity contribution in [2.24, 2.45) is 0 Å². The Kier molecular flexibility index (Phi) is 5.07. The number of fused-ring (bicyclic) bond motifs is 2. The van der Waals surface area contributed by atoms with Crippen LogP contribution >= 0.6 is 36.2 Å². The summed E-state index contributed by atoms with van der Waals surface area (Å²) in [7, 11) is 0. The highest BCUT2D eigenvalue weighted by molar-refractivity contribution is 7.18. The highest BCUT2D eigenvalue weighted by Gasteiger charge is 2.19. The summed E-state index contributed by atoms with van der Waals surface area (Å²) in [5.74, 6) is 0. The minimum absolute atomic E-state index is 0. The van der Waals surface area contributed by atoms with Gasteiger partial charge in [0, 0.05) is 30.9 Å². The SMILES string of the molecule is C[C@H]1CNCc2cc(-c3ccnc4cc(F)sc34)nn21.Cl.Cl. The van der Waals surface area contributed by atoms with Gasteiger partial charge in [0.25, 0.3) is 0 Å². The molecule has 1 aliphatic heterocycles. The van der Waals surface area contributed by atoms with E-state index in [1.807, 2.05) is 6.07 Å². The molecule has 4 heterocycles. The van der Waals surface area contributed by atoms with Gasteiger partial charge in [0.15, 0.2) is 5.13 Å². The molecule has 3 aromatic rings. The first kappa shape index (κ1) is 17.1. The average molecular weight is 361 g/mol. The second-order valence-electron chi connectivity index (χ2n) is 5.07. The lowest BCUT2D eigenvalue weighted by atomic mass is 10.1. The molecule has 0 saturated carbocycles. The van der Waals surface area contributed by atoms with E-state index in [0.717, 1.165) is 40.4 Å². The Bertz CT molecular complexity index is 801. The first-order chi connectivity index (χ1) is 9.72. The molecule has 0 spiro atoms. The zero-order chi connectivity index (χ0) is 13.7. The van der Waals surface area contributed by atoms with E-state index in [2.05, 4.69) is 28.0 Å². The molecule has 8 heteroatoms. The second kappa shape index (κ2) is 6.50. The molecule has 0 radical (unpaired) electrons. The Morgan fingerprint density at radius 2 is 2.18 bits per heavy atom. The van der Waals surface area contributed by atoms with Gasteiger partial charge in [-0.3, -0.25) is 9.67 Å². The van der Waals surface area contributed by atoms with Crippen LogP contribution in [0.5, 0.6) is 0 Å². The zero-order valence-corrected chi connectivity index (χ0v) is 14.2. The lowest BCUT2D eigenvalue weighted by molar-refractivity contribution is 0.392. The van der Waals surface area contributed by atoms with Crippen molar-refractivity contribution in [3.05, 3.63) is 35.2 Å². The van der Waals surface area contributed by atoms with E-state index in [0.29, 0.717) is 11.6 Å². The van der Waals surface area contributed by atoms with Crippen LogP contribution in [-0.2, 0) is 6.54 Å². The van der Waals surface area contributed by atoms with E-state index in [4.69, 9.17) is 5.10 Å². The molecule has 0 bridgehead atoms. The Balaban J connectivity index is 0.000000882. The topological polar surface area (TPSA) is 42.7 Å². The Morgan fingerprint density at radius 3 is 2.95 bits per heavy atom. The van der Waals surface area contributed by atoms with Gasteiger partial charge in [-0.05, 0) is 19.1 Å². The molecule has 118 valence electrons. The Hall–Kier alpha value is -1.21. The van der Waals surface area contributed by atoms with E-state index in [-0.39, 0.29) is 29.9 Å². The highest BCUT2D eigenvalue weighted by Crippen LogP contribution is 2.33. The minimum Gasteiger partial charge on any atom is -0.309 e. The Labute approximate surface area is 143 Å². The summed E-state index contributed by atoms with van der Waals surface area (Å²) in [5.41, 5.74) is 3.71. The fourth-order valence-corrected chi connectivity index (χ4v) is 3.55. The van der Waals surface area contributed by atoms with Gasteiger partial charge >= 0.3 is 0 Å².